The Hall–Kier alpha value is -2.89. The summed E-state index contributed by atoms with van der Waals surface area (Å²) < 4.78 is 19.1. The number of hydrogen-bond donors (Lipinski definition) is 1. The van der Waals surface area contributed by atoms with Crippen molar-refractivity contribution in [3.05, 3.63) is 65.5 Å². The second kappa shape index (κ2) is 7.34. The predicted molar refractivity (Wildman–Crippen MR) is 88.9 cm³/mol. The monoisotopic (exact) mass is 343 g/mol. The molecule has 1 atom stereocenters. The summed E-state index contributed by atoms with van der Waals surface area (Å²) in [6.45, 7) is 0.536. The first-order valence-electron chi connectivity index (χ1n) is 8.06. The predicted octanol–water partition coefficient (Wildman–Crippen LogP) is 3.09. The minimum absolute atomic E-state index is 0.0905. The first-order valence-corrected chi connectivity index (χ1v) is 8.06. The fourth-order valence-corrected chi connectivity index (χ4v) is 2.90. The molecule has 6 heteroatoms. The van der Waals surface area contributed by atoms with E-state index >= 15 is 0 Å². The SMILES string of the molecule is O=C(O)C1CCCN1C(=O)c1ccc(OCc2ccccc2F)cc1. The van der Waals surface area contributed by atoms with E-state index in [1.54, 1.807) is 42.5 Å². The third kappa shape index (κ3) is 3.79. The van der Waals surface area contributed by atoms with Gasteiger partial charge in [-0.25, -0.2) is 9.18 Å². The lowest BCUT2D eigenvalue weighted by atomic mass is 10.1. The first kappa shape index (κ1) is 17.0. The van der Waals surface area contributed by atoms with Gasteiger partial charge in [0.05, 0.1) is 0 Å². The van der Waals surface area contributed by atoms with Crippen molar-refractivity contribution in [1.82, 2.24) is 4.90 Å². The molecule has 0 aromatic heterocycles. The molecular formula is C19H18FNO4. The molecule has 0 spiro atoms. The zero-order valence-corrected chi connectivity index (χ0v) is 13.5. The molecule has 0 bridgehead atoms. The topological polar surface area (TPSA) is 66.8 Å². The smallest absolute Gasteiger partial charge is 0.326 e. The van der Waals surface area contributed by atoms with Crippen LogP contribution in [0.25, 0.3) is 0 Å². The molecule has 0 radical (unpaired) electrons. The van der Waals surface area contributed by atoms with Crippen molar-refractivity contribution in [2.45, 2.75) is 25.5 Å². The van der Waals surface area contributed by atoms with Crippen molar-refractivity contribution >= 4 is 11.9 Å². The number of carboxylic acids is 1. The molecule has 1 unspecified atom stereocenters. The van der Waals surface area contributed by atoms with Gasteiger partial charge in [0.2, 0.25) is 0 Å². The van der Waals surface area contributed by atoms with Crippen molar-refractivity contribution in [2.24, 2.45) is 0 Å². The van der Waals surface area contributed by atoms with Crippen molar-refractivity contribution in [1.29, 1.82) is 0 Å². The number of aliphatic carboxylic acids is 1. The molecule has 1 fully saturated rings. The maximum absolute atomic E-state index is 13.6. The Bertz CT molecular complexity index is 775. The van der Waals surface area contributed by atoms with E-state index < -0.39 is 12.0 Å². The number of halogens is 1. The van der Waals surface area contributed by atoms with Crippen LogP contribution < -0.4 is 4.74 Å². The molecule has 3 rings (SSSR count). The normalized spacial score (nSPS) is 16.7. The number of carboxylic acid groups (broad SMARTS) is 1. The van der Waals surface area contributed by atoms with Crippen LogP contribution in [0.3, 0.4) is 0 Å². The number of carbonyl (C=O) groups excluding carboxylic acids is 1. The number of benzene rings is 2. The second-order valence-corrected chi connectivity index (χ2v) is 5.90. The Morgan fingerprint density at radius 1 is 1.16 bits per heavy atom. The Balaban J connectivity index is 1.65. The van der Waals surface area contributed by atoms with Crippen LogP contribution in [-0.4, -0.2) is 34.5 Å². The fraction of sp³-hybridized carbons (Fsp3) is 0.263. The van der Waals surface area contributed by atoms with Crippen LogP contribution in [0.1, 0.15) is 28.8 Å². The Morgan fingerprint density at radius 3 is 2.56 bits per heavy atom. The van der Waals surface area contributed by atoms with E-state index in [9.17, 15) is 19.1 Å². The highest BCUT2D eigenvalue weighted by Crippen LogP contribution is 2.22. The average Bonchev–Trinajstić information content (AvgIpc) is 3.11. The second-order valence-electron chi connectivity index (χ2n) is 5.90. The summed E-state index contributed by atoms with van der Waals surface area (Å²) in [5, 5.41) is 9.18. The van der Waals surface area contributed by atoms with Gasteiger partial charge in [-0.3, -0.25) is 4.79 Å². The quantitative estimate of drug-likeness (QED) is 0.906. The zero-order valence-electron chi connectivity index (χ0n) is 13.5. The van der Waals surface area contributed by atoms with Gasteiger partial charge < -0.3 is 14.7 Å². The molecule has 1 amide bonds. The van der Waals surface area contributed by atoms with E-state index in [-0.39, 0.29) is 18.3 Å². The zero-order chi connectivity index (χ0) is 17.8. The van der Waals surface area contributed by atoms with E-state index in [1.807, 2.05) is 0 Å². The largest absolute Gasteiger partial charge is 0.489 e. The van der Waals surface area contributed by atoms with Gasteiger partial charge in [-0.05, 0) is 43.2 Å². The molecule has 1 aliphatic rings. The van der Waals surface area contributed by atoms with Gasteiger partial charge in [0, 0.05) is 17.7 Å². The molecule has 0 saturated carbocycles. The number of likely N-dealkylation sites (tertiary alicyclic amines) is 1. The lowest BCUT2D eigenvalue weighted by molar-refractivity contribution is -0.141. The molecular weight excluding hydrogens is 325 g/mol. The highest BCUT2D eigenvalue weighted by atomic mass is 19.1. The molecule has 2 aromatic rings. The number of nitrogens with zero attached hydrogens (tertiary/aromatic N) is 1. The van der Waals surface area contributed by atoms with Crippen LogP contribution in [0.4, 0.5) is 4.39 Å². The average molecular weight is 343 g/mol. The molecule has 1 aliphatic heterocycles. The first-order chi connectivity index (χ1) is 12.1. The number of carbonyl (C=O) groups is 2. The van der Waals surface area contributed by atoms with Crippen LogP contribution in [0.5, 0.6) is 5.75 Å². The maximum atomic E-state index is 13.6. The maximum Gasteiger partial charge on any atom is 0.326 e. The summed E-state index contributed by atoms with van der Waals surface area (Å²) in [6, 6.07) is 12.0. The molecule has 5 nitrogen and oxygen atoms in total. The van der Waals surface area contributed by atoms with Gasteiger partial charge >= 0.3 is 5.97 Å². The van der Waals surface area contributed by atoms with E-state index in [0.717, 1.165) is 0 Å². The van der Waals surface area contributed by atoms with Gasteiger partial charge in [-0.2, -0.15) is 0 Å². The van der Waals surface area contributed by atoms with Gasteiger partial charge in [-0.1, -0.05) is 18.2 Å². The van der Waals surface area contributed by atoms with Crippen molar-refractivity contribution < 1.29 is 23.8 Å². The Morgan fingerprint density at radius 2 is 1.88 bits per heavy atom. The number of hydrogen-bond acceptors (Lipinski definition) is 3. The van der Waals surface area contributed by atoms with Crippen LogP contribution in [0.2, 0.25) is 0 Å². The van der Waals surface area contributed by atoms with Crippen molar-refractivity contribution in [3.63, 3.8) is 0 Å². The highest BCUT2D eigenvalue weighted by Gasteiger charge is 2.34. The molecule has 25 heavy (non-hydrogen) atoms. The Kier molecular flexibility index (Phi) is 4.97. The van der Waals surface area contributed by atoms with Crippen molar-refractivity contribution in [3.8, 4) is 5.75 Å². The summed E-state index contributed by atoms with van der Waals surface area (Å²) in [5.41, 5.74) is 0.857. The molecule has 1 saturated heterocycles. The summed E-state index contributed by atoms with van der Waals surface area (Å²) in [5.74, 6) is -1.10. The van der Waals surface area contributed by atoms with E-state index in [4.69, 9.17) is 4.74 Å². The summed E-state index contributed by atoms with van der Waals surface area (Å²) >= 11 is 0. The standard InChI is InChI=1S/C19H18FNO4/c20-16-5-2-1-4-14(16)12-25-15-9-7-13(8-10-15)18(22)21-11-3-6-17(21)19(23)24/h1-2,4-5,7-10,17H,3,6,11-12H2,(H,23,24). The van der Waals surface area contributed by atoms with Gasteiger partial charge in [-0.15, -0.1) is 0 Å². The highest BCUT2D eigenvalue weighted by molar-refractivity contribution is 5.97. The van der Waals surface area contributed by atoms with E-state index in [2.05, 4.69) is 0 Å². The minimum atomic E-state index is -0.976. The van der Waals surface area contributed by atoms with Gasteiger partial charge in [0.25, 0.3) is 5.91 Å². The van der Waals surface area contributed by atoms with Gasteiger partial charge in [0.15, 0.2) is 0 Å². The molecule has 1 N–H and O–H groups in total. The number of amides is 1. The Labute approximate surface area is 144 Å². The van der Waals surface area contributed by atoms with Crippen LogP contribution in [0, 0.1) is 5.82 Å². The summed E-state index contributed by atoms with van der Waals surface area (Å²) in [7, 11) is 0. The number of ether oxygens (including phenoxy) is 1. The van der Waals surface area contributed by atoms with Crippen LogP contribution in [-0.2, 0) is 11.4 Å². The molecule has 0 aliphatic carbocycles. The van der Waals surface area contributed by atoms with Gasteiger partial charge in [0.1, 0.15) is 24.2 Å². The van der Waals surface area contributed by atoms with E-state index in [1.165, 1.54) is 11.0 Å². The number of rotatable bonds is 5. The summed E-state index contributed by atoms with van der Waals surface area (Å²) in [6.07, 6.45) is 1.16. The van der Waals surface area contributed by atoms with Crippen LogP contribution in [0.15, 0.2) is 48.5 Å². The molecule has 130 valence electrons. The van der Waals surface area contributed by atoms with Crippen LogP contribution >= 0.6 is 0 Å². The third-order valence-electron chi connectivity index (χ3n) is 4.25. The molecule has 1 heterocycles. The summed E-state index contributed by atoms with van der Waals surface area (Å²) in [4.78, 5) is 25.1. The lowest BCUT2D eigenvalue weighted by Gasteiger charge is -2.21. The van der Waals surface area contributed by atoms with Crippen molar-refractivity contribution in [2.75, 3.05) is 6.54 Å². The minimum Gasteiger partial charge on any atom is -0.489 e. The lowest BCUT2D eigenvalue weighted by Crippen LogP contribution is -2.40. The third-order valence-corrected chi connectivity index (χ3v) is 4.25. The fourth-order valence-electron chi connectivity index (χ4n) is 2.90. The molecule has 2 aromatic carbocycles. The van der Waals surface area contributed by atoms with E-state index in [0.29, 0.717) is 36.3 Å².